The molecule has 28 heavy (non-hydrogen) atoms. The molecule has 4 rings (SSSR count). The maximum absolute atomic E-state index is 5.30. The van der Waals surface area contributed by atoms with Crippen LogP contribution in [-0.2, 0) is 7.05 Å². The van der Waals surface area contributed by atoms with E-state index >= 15 is 0 Å². The third-order valence-electron chi connectivity index (χ3n) is 5.18. The zero-order chi connectivity index (χ0) is 19.5. The predicted molar refractivity (Wildman–Crippen MR) is 114 cm³/mol. The number of hydrogen-bond acceptors (Lipinski definition) is 4. The minimum absolute atomic E-state index is 0.156. The Morgan fingerprint density at radius 3 is 2.43 bits per heavy atom. The first-order chi connectivity index (χ1) is 13.7. The van der Waals surface area contributed by atoms with E-state index in [-0.39, 0.29) is 6.04 Å². The van der Waals surface area contributed by atoms with Crippen LogP contribution in [0.1, 0.15) is 29.3 Å². The van der Waals surface area contributed by atoms with E-state index in [1.807, 2.05) is 48.3 Å². The first kappa shape index (κ1) is 18.0. The number of ether oxygens (including phenoxy) is 1. The molecule has 0 saturated heterocycles. The van der Waals surface area contributed by atoms with Crippen LogP contribution in [0.2, 0.25) is 0 Å². The topological polar surface area (TPSA) is 42.6 Å². The van der Waals surface area contributed by atoms with Crippen molar-refractivity contribution in [3.63, 3.8) is 0 Å². The van der Waals surface area contributed by atoms with Crippen molar-refractivity contribution in [3.8, 4) is 5.75 Å². The van der Waals surface area contributed by atoms with Crippen LogP contribution >= 0.6 is 0 Å². The van der Waals surface area contributed by atoms with E-state index in [1.165, 1.54) is 5.56 Å². The fourth-order valence-corrected chi connectivity index (χ4v) is 3.40. The lowest BCUT2D eigenvalue weighted by Gasteiger charge is -2.24. The molecule has 3 aromatic rings. The summed E-state index contributed by atoms with van der Waals surface area (Å²) < 4.78 is 7.19. The molecule has 142 valence electrons. The molecule has 5 nitrogen and oxygen atoms in total. The molecule has 0 saturated carbocycles. The van der Waals surface area contributed by atoms with Gasteiger partial charge in [-0.3, -0.25) is 9.69 Å². The van der Waals surface area contributed by atoms with E-state index in [2.05, 4.69) is 53.4 Å². The molecule has 1 atom stereocenters. The van der Waals surface area contributed by atoms with E-state index in [0.717, 1.165) is 34.8 Å². The van der Waals surface area contributed by atoms with Crippen LogP contribution in [0.25, 0.3) is 6.08 Å². The number of aryl methyl sites for hydroxylation is 1. The summed E-state index contributed by atoms with van der Waals surface area (Å²) in [6.07, 6.45) is 6.93. The molecule has 1 unspecified atom stereocenters. The van der Waals surface area contributed by atoms with Gasteiger partial charge in [-0.15, -0.1) is 0 Å². The highest BCUT2D eigenvalue weighted by Crippen LogP contribution is 2.36. The van der Waals surface area contributed by atoms with Crippen molar-refractivity contribution in [2.75, 3.05) is 12.1 Å². The van der Waals surface area contributed by atoms with Crippen LogP contribution in [0, 0.1) is 6.92 Å². The first-order valence-corrected chi connectivity index (χ1v) is 9.38. The molecule has 0 aliphatic carbocycles. The molecule has 5 heteroatoms. The van der Waals surface area contributed by atoms with Crippen molar-refractivity contribution in [2.45, 2.75) is 19.4 Å². The Kier molecular flexibility index (Phi) is 4.98. The molecule has 0 bridgehead atoms. The molecule has 1 aromatic heterocycles. The van der Waals surface area contributed by atoms with Gasteiger partial charge in [0.2, 0.25) is 0 Å². The van der Waals surface area contributed by atoms with Gasteiger partial charge in [-0.1, -0.05) is 30.3 Å². The number of hydrazone groups is 1. The number of para-hydroxylation sites is 1. The molecular formula is C23H24N4O. The van der Waals surface area contributed by atoms with Crippen molar-refractivity contribution in [2.24, 2.45) is 12.1 Å². The van der Waals surface area contributed by atoms with E-state index in [0.29, 0.717) is 0 Å². The summed E-state index contributed by atoms with van der Waals surface area (Å²) >= 11 is 0. The molecule has 0 N–H and O–H groups in total. The maximum Gasteiger partial charge on any atom is 0.118 e. The second kappa shape index (κ2) is 7.72. The van der Waals surface area contributed by atoms with Crippen molar-refractivity contribution in [1.82, 2.24) is 9.78 Å². The smallest absolute Gasteiger partial charge is 0.118 e. The Morgan fingerprint density at radius 2 is 1.79 bits per heavy atom. The minimum atomic E-state index is 0.156. The van der Waals surface area contributed by atoms with Crippen LogP contribution in [0.4, 0.5) is 5.69 Å². The summed E-state index contributed by atoms with van der Waals surface area (Å²) in [7, 11) is 3.64. The predicted octanol–water partition coefficient (Wildman–Crippen LogP) is 4.76. The average molecular weight is 372 g/mol. The summed E-state index contributed by atoms with van der Waals surface area (Å²) in [4.78, 5) is 0. The number of benzene rings is 2. The average Bonchev–Trinajstić information content (AvgIpc) is 3.31. The second-order valence-electron chi connectivity index (χ2n) is 6.91. The second-order valence-corrected chi connectivity index (χ2v) is 6.91. The lowest BCUT2D eigenvalue weighted by atomic mass is 10.0. The Bertz CT molecular complexity index is 1000. The molecule has 2 heterocycles. The largest absolute Gasteiger partial charge is 0.497 e. The van der Waals surface area contributed by atoms with Crippen LogP contribution in [-0.4, -0.2) is 22.6 Å². The van der Waals surface area contributed by atoms with Gasteiger partial charge in [0.1, 0.15) is 5.75 Å². The van der Waals surface area contributed by atoms with Gasteiger partial charge in [0.15, 0.2) is 0 Å². The third kappa shape index (κ3) is 3.56. The zero-order valence-electron chi connectivity index (χ0n) is 16.4. The van der Waals surface area contributed by atoms with E-state index in [4.69, 9.17) is 9.84 Å². The van der Waals surface area contributed by atoms with Gasteiger partial charge < -0.3 is 4.74 Å². The van der Waals surface area contributed by atoms with Crippen molar-refractivity contribution >= 4 is 17.5 Å². The van der Waals surface area contributed by atoms with E-state index in [9.17, 15) is 0 Å². The number of aromatic nitrogens is 2. The molecule has 1 aliphatic rings. The van der Waals surface area contributed by atoms with Crippen molar-refractivity contribution in [3.05, 3.63) is 83.7 Å². The van der Waals surface area contributed by atoms with Gasteiger partial charge in [0.05, 0.1) is 30.7 Å². The van der Waals surface area contributed by atoms with Crippen molar-refractivity contribution in [1.29, 1.82) is 0 Å². The molecular weight excluding hydrogens is 348 g/mol. The number of nitrogens with zero attached hydrogens (tertiary/aromatic N) is 4. The Morgan fingerprint density at radius 1 is 1.04 bits per heavy atom. The van der Waals surface area contributed by atoms with E-state index in [1.54, 1.807) is 7.11 Å². The highest BCUT2D eigenvalue weighted by molar-refractivity contribution is 6.01. The van der Waals surface area contributed by atoms with Crippen LogP contribution in [0.5, 0.6) is 5.75 Å². The Balaban J connectivity index is 1.64. The third-order valence-corrected chi connectivity index (χ3v) is 5.18. The van der Waals surface area contributed by atoms with E-state index < -0.39 is 0 Å². The standard InChI is InChI=1S/C23H24N4O/c1-17-19(16-24-26(17)2)9-12-20-15-23(18-10-13-22(28-3)14-11-18)27(25-20)21-7-5-4-6-8-21/h4-14,16,23H,15H2,1-3H3/b12-9+. The highest BCUT2D eigenvalue weighted by Gasteiger charge is 2.28. The first-order valence-electron chi connectivity index (χ1n) is 9.38. The molecule has 2 aromatic carbocycles. The summed E-state index contributed by atoms with van der Waals surface area (Å²) in [5, 5.41) is 11.3. The SMILES string of the molecule is COc1ccc(C2CC(/C=C/c3cnn(C)c3C)=NN2c2ccccc2)cc1. The normalized spacial score (nSPS) is 16.6. The summed E-state index contributed by atoms with van der Waals surface area (Å²) in [6, 6.07) is 18.7. The quantitative estimate of drug-likeness (QED) is 0.649. The molecule has 0 spiro atoms. The number of anilines is 1. The molecule has 1 aliphatic heterocycles. The highest BCUT2D eigenvalue weighted by atomic mass is 16.5. The summed E-state index contributed by atoms with van der Waals surface area (Å²) in [5.41, 5.74) is 5.61. The maximum atomic E-state index is 5.30. The zero-order valence-corrected chi connectivity index (χ0v) is 16.4. The van der Waals surface area contributed by atoms with Gasteiger partial charge >= 0.3 is 0 Å². The van der Waals surface area contributed by atoms with Gasteiger partial charge in [-0.05, 0) is 48.9 Å². The van der Waals surface area contributed by atoms with Crippen LogP contribution in [0.15, 0.2) is 72.0 Å². The lowest BCUT2D eigenvalue weighted by Crippen LogP contribution is -2.18. The number of rotatable bonds is 5. The van der Waals surface area contributed by atoms with Crippen LogP contribution < -0.4 is 9.75 Å². The number of methoxy groups -OCH3 is 1. The number of hydrogen-bond donors (Lipinski definition) is 0. The van der Waals surface area contributed by atoms with Crippen LogP contribution in [0.3, 0.4) is 0 Å². The Hall–Kier alpha value is -3.34. The fourth-order valence-electron chi connectivity index (χ4n) is 3.40. The molecule has 0 fully saturated rings. The molecule has 0 radical (unpaired) electrons. The van der Waals surface area contributed by atoms with Gasteiger partial charge in [0.25, 0.3) is 0 Å². The summed E-state index contributed by atoms with van der Waals surface area (Å²) in [5.74, 6) is 0.862. The lowest BCUT2D eigenvalue weighted by molar-refractivity contribution is 0.414. The fraction of sp³-hybridized carbons (Fsp3) is 0.217. The Labute approximate surface area is 165 Å². The monoisotopic (exact) mass is 372 g/mol. The van der Waals surface area contributed by atoms with Gasteiger partial charge in [-0.25, -0.2) is 0 Å². The van der Waals surface area contributed by atoms with Gasteiger partial charge in [0, 0.05) is 24.7 Å². The van der Waals surface area contributed by atoms with Gasteiger partial charge in [-0.2, -0.15) is 10.2 Å². The van der Waals surface area contributed by atoms with Crippen molar-refractivity contribution < 1.29 is 4.74 Å². The summed E-state index contributed by atoms with van der Waals surface area (Å²) in [6.45, 7) is 2.07. The number of allylic oxidation sites excluding steroid dienone is 1. The minimum Gasteiger partial charge on any atom is -0.497 e. The molecule has 0 amide bonds.